The van der Waals surface area contributed by atoms with Crippen LogP contribution in [0.1, 0.15) is 34.3 Å². The fourth-order valence-corrected chi connectivity index (χ4v) is 3.27. The van der Waals surface area contributed by atoms with Crippen molar-refractivity contribution < 1.29 is 14.5 Å². The summed E-state index contributed by atoms with van der Waals surface area (Å²) >= 11 is 0. The number of non-ortho nitro benzene ring substituents is 1. The molecule has 1 saturated heterocycles. The summed E-state index contributed by atoms with van der Waals surface area (Å²) in [5, 5.41) is 14.6. The molecule has 0 bridgehead atoms. The van der Waals surface area contributed by atoms with Crippen molar-refractivity contribution in [3.63, 3.8) is 0 Å². The summed E-state index contributed by atoms with van der Waals surface area (Å²) in [4.78, 5) is 36.9. The zero-order chi connectivity index (χ0) is 20.8. The highest BCUT2D eigenvalue weighted by atomic mass is 16.6. The molecule has 0 spiro atoms. The predicted octanol–water partition coefficient (Wildman–Crippen LogP) is 2.91. The van der Waals surface area contributed by atoms with Gasteiger partial charge in [0.05, 0.1) is 11.1 Å². The number of benzene rings is 2. The number of nitrogens with zero attached hydrogens (tertiary/aromatic N) is 3. The highest BCUT2D eigenvalue weighted by molar-refractivity contribution is 5.95. The maximum absolute atomic E-state index is 12.7. The highest BCUT2D eigenvalue weighted by Crippen LogP contribution is 2.20. The van der Waals surface area contributed by atoms with Gasteiger partial charge in [-0.2, -0.15) is 5.10 Å². The van der Waals surface area contributed by atoms with E-state index in [2.05, 4.69) is 10.5 Å². The van der Waals surface area contributed by atoms with E-state index in [-0.39, 0.29) is 23.4 Å². The second-order valence-electron chi connectivity index (χ2n) is 6.96. The summed E-state index contributed by atoms with van der Waals surface area (Å²) in [5.74, 6) is -0.394. The van der Waals surface area contributed by atoms with Crippen LogP contribution in [0, 0.1) is 23.0 Å². The number of likely N-dealkylation sites (tertiary alicyclic amines) is 1. The average Bonchev–Trinajstić information content (AvgIpc) is 2.74. The number of nitro groups is 1. The average molecular weight is 394 g/mol. The number of hydrogen-bond acceptors (Lipinski definition) is 5. The van der Waals surface area contributed by atoms with Gasteiger partial charge in [-0.25, -0.2) is 5.43 Å². The van der Waals surface area contributed by atoms with Crippen LogP contribution in [-0.2, 0) is 4.79 Å². The van der Waals surface area contributed by atoms with Crippen LogP contribution >= 0.6 is 0 Å². The zero-order valence-electron chi connectivity index (χ0n) is 16.1. The Balaban J connectivity index is 1.49. The van der Waals surface area contributed by atoms with Gasteiger partial charge in [0.1, 0.15) is 0 Å². The Morgan fingerprint density at radius 2 is 1.79 bits per heavy atom. The fraction of sp³-hybridized carbons (Fsp3) is 0.286. The number of hydrazone groups is 1. The molecule has 1 aliphatic rings. The Labute approximate surface area is 168 Å². The third kappa shape index (κ3) is 5.04. The van der Waals surface area contributed by atoms with Gasteiger partial charge in [-0.1, -0.05) is 18.2 Å². The molecule has 0 saturated carbocycles. The lowest BCUT2D eigenvalue weighted by Gasteiger charge is -2.31. The minimum atomic E-state index is -0.473. The number of amides is 2. The number of carbonyl (C=O) groups is 2. The van der Waals surface area contributed by atoms with Crippen molar-refractivity contribution in [1.82, 2.24) is 10.3 Å². The van der Waals surface area contributed by atoms with E-state index in [1.54, 1.807) is 17.0 Å². The minimum Gasteiger partial charge on any atom is -0.339 e. The van der Waals surface area contributed by atoms with Gasteiger partial charge >= 0.3 is 0 Å². The van der Waals surface area contributed by atoms with E-state index in [0.717, 1.165) is 5.56 Å². The van der Waals surface area contributed by atoms with Crippen molar-refractivity contribution in [2.75, 3.05) is 13.1 Å². The van der Waals surface area contributed by atoms with Crippen LogP contribution in [0.25, 0.3) is 0 Å². The van der Waals surface area contributed by atoms with E-state index in [1.165, 1.54) is 18.3 Å². The van der Waals surface area contributed by atoms with Gasteiger partial charge in [-0.15, -0.1) is 0 Å². The van der Waals surface area contributed by atoms with E-state index >= 15 is 0 Å². The lowest BCUT2D eigenvalue weighted by molar-refractivity contribution is -0.384. The molecule has 1 N–H and O–H groups in total. The molecular weight excluding hydrogens is 372 g/mol. The zero-order valence-corrected chi connectivity index (χ0v) is 16.1. The van der Waals surface area contributed by atoms with E-state index in [9.17, 15) is 19.7 Å². The summed E-state index contributed by atoms with van der Waals surface area (Å²) in [6, 6.07) is 13.4. The standard InChI is InChI=1S/C21H22N4O4/c1-15-4-2-3-5-19(15)21(27)24-12-10-17(11-13-24)20(26)23-22-14-16-6-8-18(9-7-16)25(28)29/h2-9,14,17H,10-13H2,1H3,(H,23,26)/b22-14-. The van der Waals surface area contributed by atoms with Crippen LogP contribution in [-0.4, -0.2) is 40.9 Å². The fourth-order valence-electron chi connectivity index (χ4n) is 3.27. The van der Waals surface area contributed by atoms with Crippen molar-refractivity contribution in [2.24, 2.45) is 11.0 Å². The molecule has 0 atom stereocenters. The summed E-state index contributed by atoms with van der Waals surface area (Å²) < 4.78 is 0. The molecule has 0 unspecified atom stereocenters. The Morgan fingerprint density at radius 1 is 1.14 bits per heavy atom. The van der Waals surface area contributed by atoms with Crippen molar-refractivity contribution in [3.05, 3.63) is 75.3 Å². The molecule has 0 aromatic heterocycles. The molecule has 8 nitrogen and oxygen atoms in total. The maximum atomic E-state index is 12.7. The third-order valence-electron chi connectivity index (χ3n) is 5.02. The minimum absolute atomic E-state index is 0.00168. The van der Waals surface area contributed by atoms with Gasteiger partial charge in [0.15, 0.2) is 0 Å². The molecule has 0 aliphatic carbocycles. The first kappa shape index (κ1) is 20.2. The van der Waals surface area contributed by atoms with Gasteiger partial charge in [-0.05, 0) is 49.1 Å². The Hall–Kier alpha value is -3.55. The largest absolute Gasteiger partial charge is 0.339 e. The van der Waals surface area contributed by atoms with Crippen LogP contribution in [0.4, 0.5) is 5.69 Å². The maximum Gasteiger partial charge on any atom is 0.269 e. The van der Waals surface area contributed by atoms with E-state index in [4.69, 9.17) is 0 Å². The normalized spacial score (nSPS) is 14.7. The number of aryl methyl sites for hydroxylation is 1. The lowest BCUT2D eigenvalue weighted by Crippen LogP contribution is -2.42. The van der Waals surface area contributed by atoms with E-state index in [1.807, 2.05) is 31.2 Å². The molecule has 1 heterocycles. The molecule has 0 radical (unpaired) electrons. The number of carbonyl (C=O) groups excluding carboxylic acids is 2. The molecule has 2 aromatic rings. The van der Waals surface area contributed by atoms with Gasteiger partial charge < -0.3 is 4.90 Å². The van der Waals surface area contributed by atoms with Crippen LogP contribution in [0.2, 0.25) is 0 Å². The summed E-state index contributed by atoms with van der Waals surface area (Å²) in [5.41, 5.74) is 4.80. The molecular formula is C21H22N4O4. The number of nitro benzene ring substituents is 1. The Morgan fingerprint density at radius 3 is 2.41 bits per heavy atom. The molecule has 8 heteroatoms. The van der Waals surface area contributed by atoms with Crippen molar-refractivity contribution >= 4 is 23.7 Å². The molecule has 150 valence electrons. The van der Waals surface area contributed by atoms with Crippen molar-refractivity contribution in [2.45, 2.75) is 19.8 Å². The van der Waals surface area contributed by atoms with Crippen LogP contribution in [0.5, 0.6) is 0 Å². The predicted molar refractivity (Wildman–Crippen MR) is 109 cm³/mol. The number of rotatable bonds is 5. The van der Waals surface area contributed by atoms with Gasteiger partial charge in [-0.3, -0.25) is 19.7 Å². The molecule has 2 amide bonds. The second kappa shape index (κ2) is 9.09. The Kier molecular flexibility index (Phi) is 6.33. The quantitative estimate of drug-likeness (QED) is 0.478. The van der Waals surface area contributed by atoms with Crippen LogP contribution in [0.15, 0.2) is 53.6 Å². The summed E-state index contributed by atoms with van der Waals surface area (Å²) in [6.45, 7) is 2.96. The van der Waals surface area contributed by atoms with E-state index in [0.29, 0.717) is 37.1 Å². The number of hydrogen-bond donors (Lipinski definition) is 1. The molecule has 2 aromatic carbocycles. The molecule has 1 fully saturated rings. The van der Waals surface area contributed by atoms with Gasteiger partial charge in [0.2, 0.25) is 5.91 Å². The van der Waals surface area contributed by atoms with E-state index < -0.39 is 4.92 Å². The smallest absolute Gasteiger partial charge is 0.269 e. The number of nitrogens with one attached hydrogen (secondary N) is 1. The first-order valence-corrected chi connectivity index (χ1v) is 9.38. The SMILES string of the molecule is Cc1ccccc1C(=O)N1CCC(C(=O)N/N=C\c2ccc([N+](=O)[O-])cc2)CC1. The monoisotopic (exact) mass is 394 g/mol. The molecule has 29 heavy (non-hydrogen) atoms. The summed E-state index contributed by atoms with van der Waals surface area (Å²) in [7, 11) is 0. The third-order valence-corrected chi connectivity index (χ3v) is 5.02. The Bertz CT molecular complexity index is 932. The second-order valence-corrected chi connectivity index (χ2v) is 6.96. The van der Waals surface area contributed by atoms with Crippen LogP contribution < -0.4 is 5.43 Å². The van der Waals surface area contributed by atoms with Crippen LogP contribution in [0.3, 0.4) is 0 Å². The lowest BCUT2D eigenvalue weighted by atomic mass is 9.95. The van der Waals surface area contributed by atoms with Crippen molar-refractivity contribution in [3.8, 4) is 0 Å². The first-order valence-electron chi connectivity index (χ1n) is 9.38. The molecule has 1 aliphatic heterocycles. The van der Waals surface area contributed by atoms with Gasteiger partial charge in [0, 0.05) is 36.7 Å². The highest BCUT2D eigenvalue weighted by Gasteiger charge is 2.28. The summed E-state index contributed by atoms with van der Waals surface area (Å²) in [6.07, 6.45) is 2.60. The number of piperidine rings is 1. The first-order chi connectivity index (χ1) is 14.0. The topological polar surface area (TPSA) is 105 Å². The van der Waals surface area contributed by atoms with Crippen molar-refractivity contribution in [1.29, 1.82) is 0 Å². The molecule has 3 rings (SSSR count). The van der Waals surface area contributed by atoms with Gasteiger partial charge in [0.25, 0.3) is 11.6 Å².